The smallest absolute Gasteiger partial charge is 0.219 e. The van der Waals surface area contributed by atoms with Crippen molar-refractivity contribution in [1.29, 1.82) is 0 Å². The van der Waals surface area contributed by atoms with Crippen LogP contribution in [0.1, 0.15) is 31.4 Å². The number of ether oxygens (including phenoxy) is 2. The lowest BCUT2D eigenvalue weighted by molar-refractivity contribution is -0.132. The van der Waals surface area contributed by atoms with E-state index in [0.29, 0.717) is 5.92 Å². The topological polar surface area (TPSA) is 42.0 Å². The molecule has 0 aromatic heterocycles. The maximum absolute atomic E-state index is 11.8. The van der Waals surface area contributed by atoms with Crippen LogP contribution in [0.15, 0.2) is 24.3 Å². The van der Waals surface area contributed by atoms with E-state index in [2.05, 4.69) is 17.0 Å². The van der Waals surface area contributed by atoms with Gasteiger partial charge in [0.25, 0.3) is 0 Å². The van der Waals surface area contributed by atoms with Crippen LogP contribution >= 0.6 is 0 Å². The van der Waals surface area contributed by atoms with Crippen molar-refractivity contribution in [2.75, 3.05) is 46.5 Å². The average Bonchev–Trinajstić information content (AvgIpc) is 2.63. The summed E-state index contributed by atoms with van der Waals surface area (Å²) in [5.41, 5.74) is 1.26. The number of rotatable bonds is 4. The minimum atomic E-state index is 0.166. The fourth-order valence-electron chi connectivity index (χ4n) is 3.73. The first-order valence-corrected chi connectivity index (χ1v) is 8.88. The molecule has 1 aromatic carbocycles. The van der Waals surface area contributed by atoms with Crippen molar-refractivity contribution >= 4 is 5.91 Å². The Kier molecular flexibility index (Phi) is 5.74. The molecule has 0 aliphatic carbocycles. The molecule has 132 valence electrons. The lowest BCUT2D eigenvalue weighted by Crippen LogP contribution is -2.51. The van der Waals surface area contributed by atoms with Crippen LogP contribution in [0, 0.1) is 5.92 Å². The standard InChI is InChI=1S/C19H28N2O3/c1-15(22)20-9-10-21(13-16-7-11-24-12-8-16)19(14-20)17-3-5-18(23-2)6-4-17/h3-6,16,19H,7-14H2,1-2H3/t19-/m1/s1. The highest BCUT2D eigenvalue weighted by Gasteiger charge is 2.31. The second-order valence-electron chi connectivity index (χ2n) is 6.80. The summed E-state index contributed by atoms with van der Waals surface area (Å²) in [5, 5.41) is 0. The molecular weight excluding hydrogens is 304 g/mol. The van der Waals surface area contributed by atoms with Gasteiger partial charge in [0.2, 0.25) is 5.91 Å². The molecule has 2 heterocycles. The monoisotopic (exact) mass is 332 g/mol. The van der Waals surface area contributed by atoms with Gasteiger partial charge in [0.1, 0.15) is 5.75 Å². The zero-order valence-corrected chi connectivity index (χ0v) is 14.7. The van der Waals surface area contributed by atoms with Crippen LogP contribution in [0.4, 0.5) is 0 Å². The summed E-state index contributed by atoms with van der Waals surface area (Å²) in [5.74, 6) is 1.73. The van der Waals surface area contributed by atoms with Gasteiger partial charge in [-0.25, -0.2) is 0 Å². The molecule has 0 saturated carbocycles. The highest BCUT2D eigenvalue weighted by molar-refractivity contribution is 5.73. The summed E-state index contributed by atoms with van der Waals surface area (Å²) in [7, 11) is 1.69. The molecule has 0 radical (unpaired) electrons. The second kappa shape index (κ2) is 7.99. The first-order chi connectivity index (χ1) is 11.7. The van der Waals surface area contributed by atoms with E-state index in [1.807, 2.05) is 17.0 Å². The maximum Gasteiger partial charge on any atom is 0.219 e. The third-order valence-corrected chi connectivity index (χ3v) is 5.27. The predicted octanol–water partition coefficient (Wildman–Crippen LogP) is 2.33. The van der Waals surface area contributed by atoms with Crippen molar-refractivity contribution in [3.05, 3.63) is 29.8 Å². The normalized spacial score (nSPS) is 23.2. The average molecular weight is 332 g/mol. The van der Waals surface area contributed by atoms with E-state index in [-0.39, 0.29) is 11.9 Å². The SMILES string of the molecule is COc1ccc([C@H]2CN(C(C)=O)CCN2CC2CCOCC2)cc1. The minimum absolute atomic E-state index is 0.166. The molecule has 0 N–H and O–H groups in total. The number of hydrogen-bond acceptors (Lipinski definition) is 4. The van der Waals surface area contributed by atoms with Crippen LogP contribution in [0.2, 0.25) is 0 Å². The van der Waals surface area contributed by atoms with E-state index in [1.54, 1.807) is 14.0 Å². The van der Waals surface area contributed by atoms with Crippen molar-refractivity contribution in [1.82, 2.24) is 9.80 Å². The fraction of sp³-hybridized carbons (Fsp3) is 0.632. The lowest BCUT2D eigenvalue weighted by atomic mass is 9.96. The minimum Gasteiger partial charge on any atom is -0.497 e. The van der Waals surface area contributed by atoms with Crippen molar-refractivity contribution in [2.45, 2.75) is 25.8 Å². The van der Waals surface area contributed by atoms with Crippen molar-refractivity contribution in [2.24, 2.45) is 5.92 Å². The molecule has 2 saturated heterocycles. The van der Waals surface area contributed by atoms with Crippen LogP contribution in [0.5, 0.6) is 5.75 Å². The number of hydrogen-bond donors (Lipinski definition) is 0. The Bertz CT molecular complexity index is 540. The third kappa shape index (κ3) is 4.08. The van der Waals surface area contributed by atoms with Gasteiger partial charge in [-0.1, -0.05) is 12.1 Å². The molecule has 2 aliphatic heterocycles. The molecule has 2 aliphatic rings. The predicted molar refractivity (Wildman–Crippen MR) is 93.1 cm³/mol. The van der Waals surface area contributed by atoms with Gasteiger partial charge >= 0.3 is 0 Å². The zero-order valence-electron chi connectivity index (χ0n) is 14.7. The molecule has 5 nitrogen and oxygen atoms in total. The molecule has 24 heavy (non-hydrogen) atoms. The van der Waals surface area contributed by atoms with Crippen LogP contribution in [-0.4, -0.2) is 62.2 Å². The molecule has 0 bridgehead atoms. The molecular formula is C19H28N2O3. The van der Waals surface area contributed by atoms with Gasteiger partial charge in [-0.05, 0) is 36.5 Å². The summed E-state index contributed by atoms with van der Waals surface area (Å²) in [4.78, 5) is 16.4. The Balaban J connectivity index is 1.75. The quantitative estimate of drug-likeness (QED) is 0.849. The largest absolute Gasteiger partial charge is 0.497 e. The molecule has 1 aromatic rings. The highest BCUT2D eigenvalue weighted by atomic mass is 16.5. The summed E-state index contributed by atoms with van der Waals surface area (Å²) in [6.07, 6.45) is 2.28. The number of methoxy groups -OCH3 is 1. The third-order valence-electron chi connectivity index (χ3n) is 5.27. The van der Waals surface area contributed by atoms with Gasteiger partial charge in [-0.2, -0.15) is 0 Å². The molecule has 1 atom stereocenters. The van der Waals surface area contributed by atoms with E-state index in [4.69, 9.17) is 9.47 Å². The van der Waals surface area contributed by atoms with Gasteiger partial charge in [0.05, 0.1) is 13.2 Å². The van der Waals surface area contributed by atoms with Gasteiger partial charge in [0.15, 0.2) is 0 Å². The van der Waals surface area contributed by atoms with Crippen molar-refractivity contribution < 1.29 is 14.3 Å². The first-order valence-electron chi connectivity index (χ1n) is 8.88. The Morgan fingerprint density at radius 2 is 1.92 bits per heavy atom. The summed E-state index contributed by atoms with van der Waals surface area (Å²) >= 11 is 0. The Morgan fingerprint density at radius 3 is 2.54 bits per heavy atom. The highest BCUT2D eigenvalue weighted by Crippen LogP contribution is 2.29. The molecule has 1 amide bonds. The molecule has 5 heteroatoms. The van der Waals surface area contributed by atoms with E-state index in [0.717, 1.165) is 58.0 Å². The van der Waals surface area contributed by atoms with Gasteiger partial charge in [-0.15, -0.1) is 0 Å². The second-order valence-corrected chi connectivity index (χ2v) is 6.80. The number of carbonyl (C=O) groups is 1. The van der Waals surface area contributed by atoms with Crippen molar-refractivity contribution in [3.63, 3.8) is 0 Å². The first kappa shape index (κ1) is 17.2. The van der Waals surface area contributed by atoms with Gasteiger partial charge in [-0.3, -0.25) is 9.69 Å². The van der Waals surface area contributed by atoms with Gasteiger partial charge in [0, 0.05) is 46.3 Å². The number of benzene rings is 1. The van der Waals surface area contributed by atoms with E-state index in [1.165, 1.54) is 5.56 Å². The van der Waals surface area contributed by atoms with Crippen LogP contribution < -0.4 is 4.74 Å². The van der Waals surface area contributed by atoms with E-state index >= 15 is 0 Å². The zero-order chi connectivity index (χ0) is 16.9. The number of carbonyl (C=O) groups excluding carboxylic acids is 1. The number of nitrogens with zero attached hydrogens (tertiary/aromatic N) is 2. The lowest BCUT2D eigenvalue weighted by Gasteiger charge is -2.43. The van der Waals surface area contributed by atoms with E-state index < -0.39 is 0 Å². The fourth-order valence-corrected chi connectivity index (χ4v) is 3.73. The Morgan fingerprint density at radius 1 is 1.21 bits per heavy atom. The number of piperazine rings is 1. The summed E-state index contributed by atoms with van der Waals surface area (Å²) in [6, 6.07) is 8.54. The van der Waals surface area contributed by atoms with Gasteiger partial charge < -0.3 is 14.4 Å². The van der Waals surface area contributed by atoms with E-state index in [9.17, 15) is 4.79 Å². The molecule has 0 spiro atoms. The van der Waals surface area contributed by atoms with Crippen LogP contribution in [-0.2, 0) is 9.53 Å². The molecule has 3 rings (SSSR count). The van der Waals surface area contributed by atoms with Crippen LogP contribution in [0.25, 0.3) is 0 Å². The summed E-state index contributed by atoms with van der Waals surface area (Å²) in [6.45, 7) is 7.05. The van der Waals surface area contributed by atoms with Crippen LogP contribution in [0.3, 0.4) is 0 Å². The molecule has 0 unspecified atom stereocenters. The Hall–Kier alpha value is -1.59. The maximum atomic E-state index is 11.8. The molecule has 2 fully saturated rings. The Labute approximate surface area is 144 Å². The number of amides is 1. The summed E-state index contributed by atoms with van der Waals surface area (Å²) < 4.78 is 10.8. The van der Waals surface area contributed by atoms with Crippen molar-refractivity contribution in [3.8, 4) is 5.75 Å².